The molecule has 5 aromatic rings. The highest BCUT2D eigenvalue weighted by atomic mass is 16.5. The number of para-hydroxylation sites is 3. The number of ether oxygens (including phenoxy) is 1. The van der Waals surface area contributed by atoms with Crippen molar-refractivity contribution < 1.29 is 9.53 Å². The van der Waals surface area contributed by atoms with Crippen molar-refractivity contribution >= 4 is 38.8 Å². The summed E-state index contributed by atoms with van der Waals surface area (Å²) in [5, 5.41) is 10.7. The summed E-state index contributed by atoms with van der Waals surface area (Å²) in [5.41, 5.74) is 3.41. The Balaban J connectivity index is 1.87. The van der Waals surface area contributed by atoms with Crippen molar-refractivity contribution in [2.24, 2.45) is 0 Å². The number of fused-ring (bicyclic) bond motifs is 4. The van der Waals surface area contributed by atoms with Crippen LogP contribution in [0.3, 0.4) is 0 Å². The maximum absolute atomic E-state index is 13.1. The van der Waals surface area contributed by atoms with Gasteiger partial charge in [-0.2, -0.15) is 0 Å². The molecule has 0 amide bonds. The van der Waals surface area contributed by atoms with Crippen molar-refractivity contribution in [2.45, 2.75) is 13.1 Å². The Kier molecular flexibility index (Phi) is 3.83. The average molecular weight is 370 g/mol. The normalized spacial score (nSPS) is 12.6. The molecule has 0 N–H and O–H groups in total. The van der Waals surface area contributed by atoms with Gasteiger partial charge in [0.2, 0.25) is 6.17 Å². The van der Waals surface area contributed by atoms with Crippen molar-refractivity contribution in [3.63, 3.8) is 0 Å². The molecule has 6 nitrogen and oxygen atoms in total. The molecule has 2 heterocycles. The number of hydrogen-bond donors (Lipinski definition) is 0. The maximum Gasteiger partial charge on any atom is 0.352 e. The third-order valence-electron chi connectivity index (χ3n) is 4.97. The fraction of sp³-hybridized carbons (Fsp3) is 0.136. The Morgan fingerprint density at radius 2 is 1.46 bits per heavy atom. The van der Waals surface area contributed by atoms with E-state index in [1.165, 1.54) is 0 Å². The Bertz CT molecular complexity index is 1260. The first-order chi connectivity index (χ1) is 13.8. The fourth-order valence-electron chi connectivity index (χ4n) is 3.82. The number of carbonyl (C=O) groups is 1. The summed E-state index contributed by atoms with van der Waals surface area (Å²) in [5.74, 6) is -0.371. The lowest BCUT2D eigenvalue weighted by Gasteiger charge is -2.20. The Hall–Kier alpha value is -3.67. The molecule has 2 aromatic heterocycles. The van der Waals surface area contributed by atoms with Crippen LogP contribution in [0.5, 0.6) is 0 Å². The molecule has 0 aliphatic heterocycles. The van der Waals surface area contributed by atoms with E-state index in [1.54, 1.807) is 11.6 Å². The molecule has 0 saturated heterocycles. The zero-order valence-corrected chi connectivity index (χ0v) is 15.3. The van der Waals surface area contributed by atoms with Gasteiger partial charge < -0.3 is 9.30 Å². The third-order valence-corrected chi connectivity index (χ3v) is 4.97. The number of benzene rings is 3. The van der Waals surface area contributed by atoms with E-state index in [9.17, 15) is 4.79 Å². The molecular formula is C22H18N4O2. The van der Waals surface area contributed by atoms with Gasteiger partial charge in [-0.15, -0.1) is 5.10 Å². The van der Waals surface area contributed by atoms with E-state index < -0.39 is 6.17 Å². The largest absolute Gasteiger partial charge is 0.463 e. The molecule has 0 fully saturated rings. The van der Waals surface area contributed by atoms with Crippen LogP contribution in [0.2, 0.25) is 0 Å². The zero-order chi connectivity index (χ0) is 19.1. The highest BCUT2D eigenvalue weighted by Gasteiger charge is 2.30. The number of esters is 1. The molecule has 0 bridgehead atoms. The van der Waals surface area contributed by atoms with Crippen molar-refractivity contribution in [1.29, 1.82) is 0 Å². The van der Waals surface area contributed by atoms with Gasteiger partial charge in [-0.05, 0) is 31.2 Å². The molecule has 5 rings (SSSR count). The number of rotatable bonds is 4. The average Bonchev–Trinajstić information content (AvgIpc) is 3.30. The minimum absolute atomic E-state index is 0.291. The van der Waals surface area contributed by atoms with E-state index in [0.29, 0.717) is 6.61 Å². The summed E-state index contributed by atoms with van der Waals surface area (Å²) >= 11 is 0. The quantitative estimate of drug-likeness (QED) is 0.446. The molecule has 0 radical (unpaired) electrons. The van der Waals surface area contributed by atoms with Crippen LogP contribution >= 0.6 is 0 Å². The minimum atomic E-state index is -0.794. The highest BCUT2D eigenvalue weighted by Crippen LogP contribution is 2.33. The molecule has 138 valence electrons. The van der Waals surface area contributed by atoms with E-state index in [-0.39, 0.29) is 5.97 Å². The Morgan fingerprint density at radius 1 is 0.893 bits per heavy atom. The molecule has 1 atom stereocenters. The van der Waals surface area contributed by atoms with Crippen LogP contribution in [0.4, 0.5) is 0 Å². The van der Waals surface area contributed by atoms with Gasteiger partial charge in [-0.25, -0.2) is 9.48 Å². The molecule has 0 spiro atoms. The van der Waals surface area contributed by atoms with Gasteiger partial charge in [-0.3, -0.25) is 0 Å². The SMILES string of the molecule is CCOC(=O)C(n1nnc2ccccc21)n1c2ccccc2c2ccccc21. The lowest BCUT2D eigenvalue weighted by Crippen LogP contribution is -2.29. The van der Waals surface area contributed by atoms with Crippen LogP contribution in [0.25, 0.3) is 32.8 Å². The first-order valence-corrected chi connectivity index (χ1v) is 9.24. The standard InChI is InChI=1S/C22H18N4O2/c1-2-28-22(27)21(26-20-14-8-5-11-17(20)23-24-26)25-18-12-6-3-9-15(18)16-10-4-7-13-19(16)25/h3-14,21H,2H2,1H3. The number of aromatic nitrogens is 4. The van der Waals surface area contributed by atoms with Crippen LogP contribution in [0.1, 0.15) is 13.1 Å². The van der Waals surface area contributed by atoms with Gasteiger partial charge in [-0.1, -0.05) is 53.7 Å². The number of nitrogens with zero attached hydrogens (tertiary/aromatic N) is 4. The summed E-state index contributed by atoms with van der Waals surface area (Å²) in [7, 11) is 0. The first-order valence-electron chi connectivity index (χ1n) is 9.24. The van der Waals surface area contributed by atoms with E-state index in [4.69, 9.17) is 4.74 Å². The predicted octanol–water partition coefficient (Wildman–Crippen LogP) is 4.15. The molecule has 28 heavy (non-hydrogen) atoms. The van der Waals surface area contributed by atoms with Gasteiger partial charge >= 0.3 is 5.97 Å². The van der Waals surface area contributed by atoms with Crippen LogP contribution in [0.15, 0.2) is 72.8 Å². The van der Waals surface area contributed by atoms with Crippen molar-refractivity contribution in [3.05, 3.63) is 72.8 Å². The zero-order valence-electron chi connectivity index (χ0n) is 15.3. The van der Waals surface area contributed by atoms with Gasteiger partial charge in [0, 0.05) is 10.8 Å². The smallest absolute Gasteiger partial charge is 0.352 e. The summed E-state index contributed by atoms with van der Waals surface area (Å²) in [6, 6.07) is 23.7. The van der Waals surface area contributed by atoms with Crippen LogP contribution in [0, 0.1) is 0 Å². The lowest BCUT2D eigenvalue weighted by atomic mass is 10.2. The lowest BCUT2D eigenvalue weighted by molar-refractivity contribution is -0.148. The molecular weight excluding hydrogens is 352 g/mol. The second-order valence-electron chi connectivity index (χ2n) is 6.55. The van der Waals surface area contributed by atoms with Gasteiger partial charge in [0.15, 0.2) is 0 Å². The van der Waals surface area contributed by atoms with Gasteiger partial charge in [0.1, 0.15) is 5.52 Å². The monoisotopic (exact) mass is 370 g/mol. The second kappa shape index (κ2) is 6.49. The summed E-state index contributed by atoms with van der Waals surface area (Å²) in [6.07, 6.45) is -0.794. The van der Waals surface area contributed by atoms with E-state index in [0.717, 1.165) is 32.8 Å². The highest BCUT2D eigenvalue weighted by molar-refractivity contribution is 6.08. The Morgan fingerprint density at radius 3 is 2.11 bits per heavy atom. The van der Waals surface area contributed by atoms with E-state index in [2.05, 4.69) is 22.4 Å². The minimum Gasteiger partial charge on any atom is -0.463 e. The topological polar surface area (TPSA) is 61.9 Å². The molecule has 0 aliphatic carbocycles. The number of hydrogen-bond acceptors (Lipinski definition) is 4. The molecule has 6 heteroatoms. The summed E-state index contributed by atoms with van der Waals surface area (Å²) in [4.78, 5) is 13.1. The summed E-state index contributed by atoms with van der Waals surface area (Å²) < 4.78 is 9.08. The molecule has 3 aromatic carbocycles. The molecule has 0 aliphatic rings. The molecule has 1 unspecified atom stereocenters. The van der Waals surface area contributed by atoms with Crippen LogP contribution in [-0.4, -0.2) is 32.1 Å². The number of carbonyl (C=O) groups excluding carboxylic acids is 1. The van der Waals surface area contributed by atoms with Crippen LogP contribution < -0.4 is 0 Å². The molecule has 0 saturated carbocycles. The van der Waals surface area contributed by atoms with Crippen molar-refractivity contribution in [3.8, 4) is 0 Å². The van der Waals surface area contributed by atoms with E-state index >= 15 is 0 Å². The predicted molar refractivity (Wildman–Crippen MR) is 108 cm³/mol. The fourth-order valence-corrected chi connectivity index (χ4v) is 3.82. The summed E-state index contributed by atoms with van der Waals surface area (Å²) in [6.45, 7) is 2.10. The third kappa shape index (κ3) is 2.38. The van der Waals surface area contributed by atoms with E-state index in [1.807, 2.05) is 65.2 Å². The van der Waals surface area contributed by atoms with Crippen molar-refractivity contribution in [1.82, 2.24) is 19.6 Å². The Labute approximate surface area is 160 Å². The van der Waals surface area contributed by atoms with Crippen LogP contribution in [-0.2, 0) is 9.53 Å². The first kappa shape index (κ1) is 16.5. The maximum atomic E-state index is 13.1. The van der Waals surface area contributed by atoms with Gasteiger partial charge in [0.25, 0.3) is 0 Å². The van der Waals surface area contributed by atoms with Crippen molar-refractivity contribution in [2.75, 3.05) is 6.61 Å². The second-order valence-corrected chi connectivity index (χ2v) is 6.55. The van der Waals surface area contributed by atoms with Gasteiger partial charge in [0.05, 0.1) is 23.2 Å².